The van der Waals surface area contributed by atoms with Gasteiger partial charge in [-0.1, -0.05) is 12.1 Å². The lowest BCUT2D eigenvalue weighted by Crippen LogP contribution is -2.14. The van der Waals surface area contributed by atoms with E-state index in [-0.39, 0.29) is 0 Å². The Bertz CT molecular complexity index is 633. The van der Waals surface area contributed by atoms with E-state index in [1.165, 1.54) is 0 Å². The summed E-state index contributed by atoms with van der Waals surface area (Å²) < 4.78 is 0. The van der Waals surface area contributed by atoms with E-state index in [1.54, 1.807) is 12.5 Å². The maximum absolute atomic E-state index is 4.54. The molecule has 0 aliphatic rings. The smallest absolute Gasteiger partial charge is 0.0922 e. The van der Waals surface area contributed by atoms with Gasteiger partial charge in [-0.3, -0.25) is 4.98 Å². The van der Waals surface area contributed by atoms with Crippen molar-refractivity contribution in [3.63, 3.8) is 0 Å². The number of para-hydroxylation sites is 2. The third-order valence-corrected chi connectivity index (χ3v) is 2.67. The van der Waals surface area contributed by atoms with Gasteiger partial charge in [0.05, 0.1) is 29.3 Å². The summed E-state index contributed by atoms with van der Waals surface area (Å²) in [5.41, 5.74) is 3.85. The molecule has 0 spiro atoms. The van der Waals surface area contributed by atoms with Gasteiger partial charge in [0.1, 0.15) is 0 Å². The largest absolute Gasteiger partial charge is 0.347 e. The van der Waals surface area contributed by atoms with Crippen LogP contribution in [0.15, 0.2) is 43.0 Å². The molecule has 0 saturated carbocycles. The summed E-state index contributed by atoms with van der Waals surface area (Å²) in [5.74, 6) is 0. The number of hydrogen-bond acceptors (Lipinski definition) is 4. The third kappa shape index (κ3) is 2.36. The van der Waals surface area contributed by atoms with Crippen LogP contribution in [0.1, 0.15) is 11.4 Å². The molecular weight excluding hydrogens is 226 g/mol. The first-order valence-electron chi connectivity index (χ1n) is 5.80. The van der Waals surface area contributed by atoms with Crippen molar-refractivity contribution in [1.82, 2.24) is 25.3 Å². The summed E-state index contributed by atoms with van der Waals surface area (Å²) in [6.07, 6.45) is 5.29. The number of H-pyrrole nitrogens is 1. The molecule has 0 bridgehead atoms. The minimum atomic E-state index is 0.691. The Morgan fingerprint density at radius 1 is 1.06 bits per heavy atom. The van der Waals surface area contributed by atoms with E-state index in [0.29, 0.717) is 6.54 Å². The summed E-state index contributed by atoms with van der Waals surface area (Å²) >= 11 is 0. The number of hydrogen-bond donors (Lipinski definition) is 2. The van der Waals surface area contributed by atoms with Crippen molar-refractivity contribution in [3.05, 3.63) is 54.4 Å². The van der Waals surface area contributed by atoms with Crippen LogP contribution >= 0.6 is 0 Å². The number of imidazole rings is 1. The van der Waals surface area contributed by atoms with Crippen LogP contribution in [0.3, 0.4) is 0 Å². The third-order valence-electron chi connectivity index (χ3n) is 2.67. The van der Waals surface area contributed by atoms with Crippen LogP contribution in [0.5, 0.6) is 0 Å². The monoisotopic (exact) mass is 239 g/mol. The summed E-state index contributed by atoms with van der Waals surface area (Å²) in [5, 5.41) is 3.30. The molecule has 5 nitrogen and oxygen atoms in total. The lowest BCUT2D eigenvalue weighted by Gasteiger charge is -2.03. The molecule has 0 atom stereocenters. The number of fused-ring (bicyclic) bond motifs is 1. The Hall–Kier alpha value is -2.27. The Balaban J connectivity index is 1.67. The second-order valence-corrected chi connectivity index (χ2v) is 4.03. The van der Waals surface area contributed by atoms with Crippen molar-refractivity contribution < 1.29 is 0 Å². The van der Waals surface area contributed by atoms with Gasteiger partial charge in [-0.2, -0.15) is 0 Å². The van der Waals surface area contributed by atoms with E-state index in [2.05, 4.69) is 25.3 Å². The fraction of sp³-hybridized carbons (Fsp3) is 0.154. The van der Waals surface area contributed by atoms with Crippen LogP contribution in [0.4, 0.5) is 0 Å². The molecule has 0 aliphatic heterocycles. The van der Waals surface area contributed by atoms with Crippen molar-refractivity contribution in [3.8, 4) is 0 Å². The second-order valence-electron chi connectivity index (χ2n) is 4.03. The fourth-order valence-electron chi connectivity index (χ4n) is 1.79. The molecule has 18 heavy (non-hydrogen) atoms. The first-order chi connectivity index (χ1) is 8.92. The molecule has 0 saturated heterocycles. The van der Waals surface area contributed by atoms with Crippen molar-refractivity contribution in [2.75, 3.05) is 0 Å². The molecule has 3 aromatic rings. The highest BCUT2D eigenvalue weighted by atomic mass is 14.9. The summed E-state index contributed by atoms with van der Waals surface area (Å²) in [4.78, 5) is 15.9. The molecule has 90 valence electrons. The van der Waals surface area contributed by atoms with Gasteiger partial charge >= 0.3 is 0 Å². The quantitative estimate of drug-likeness (QED) is 0.726. The minimum absolute atomic E-state index is 0.691. The van der Waals surface area contributed by atoms with E-state index in [9.17, 15) is 0 Å². The molecule has 3 rings (SSSR count). The van der Waals surface area contributed by atoms with Gasteiger partial charge in [-0.15, -0.1) is 0 Å². The number of nitrogens with zero attached hydrogens (tertiary/aromatic N) is 3. The zero-order valence-electron chi connectivity index (χ0n) is 9.80. The van der Waals surface area contributed by atoms with Gasteiger partial charge < -0.3 is 10.3 Å². The van der Waals surface area contributed by atoms with Crippen LogP contribution in [0.25, 0.3) is 11.0 Å². The summed E-state index contributed by atoms with van der Waals surface area (Å²) in [7, 11) is 0. The second kappa shape index (κ2) is 4.93. The van der Waals surface area contributed by atoms with E-state index >= 15 is 0 Å². The van der Waals surface area contributed by atoms with Crippen LogP contribution in [-0.4, -0.2) is 19.9 Å². The lowest BCUT2D eigenvalue weighted by atomic mass is 10.3. The SMILES string of the molecule is c1ccc2nc(CNCc3cnc[nH]3)cnc2c1. The first kappa shape index (κ1) is 10.9. The Kier molecular flexibility index (Phi) is 2.97. The summed E-state index contributed by atoms with van der Waals surface area (Å²) in [6.45, 7) is 1.44. The van der Waals surface area contributed by atoms with Gasteiger partial charge in [0.25, 0.3) is 0 Å². The molecule has 0 radical (unpaired) electrons. The van der Waals surface area contributed by atoms with E-state index in [4.69, 9.17) is 0 Å². The number of aromatic amines is 1. The van der Waals surface area contributed by atoms with Gasteiger partial charge in [-0.05, 0) is 12.1 Å². The molecule has 0 aliphatic carbocycles. The van der Waals surface area contributed by atoms with Crippen LogP contribution < -0.4 is 5.32 Å². The van der Waals surface area contributed by atoms with E-state index in [0.717, 1.165) is 29.0 Å². The van der Waals surface area contributed by atoms with Crippen LogP contribution in [0, 0.1) is 0 Å². The van der Waals surface area contributed by atoms with Crippen molar-refractivity contribution in [2.45, 2.75) is 13.1 Å². The number of nitrogens with one attached hydrogen (secondary N) is 2. The number of aromatic nitrogens is 4. The number of benzene rings is 1. The molecular formula is C13H13N5. The molecule has 0 unspecified atom stereocenters. The Morgan fingerprint density at radius 2 is 1.94 bits per heavy atom. The molecule has 2 N–H and O–H groups in total. The highest BCUT2D eigenvalue weighted by molar-refractivity contribution is 5.73. The van der Waals surface area contributed by atoms with Crippen LogP contribution in [0.2, 0.25) is 0 Å². The number of rotatable bonds is 4. The van der Waals surface area contributed by atoms with Gasteiger partial charge in [0, 0.05) is 25.0 Å². The van der Waals surface area contributed by atoms with Gasteiger partial charge in [0.2, 0.25) is 0 Å². The molecule has 2 heterocycles. The van der Waals surface area contributed by atoms with Gasteiger partial charge in [-0.25, -0.2) is 9.97 Å². The van der Waals surface area contributed by atoms with Crippen molar-refractivity contribution >= 4 is 11.0 Å². The van der Waals surface area contributed by atoms with Crippen LogP contribution in [-0.2, 0) is 13.1 Å². The Morgan fingerprint density at radius 3 is 2.78 bits per heavy atom. The maximum atomic E-state index is 4.54. The molecule has 0 amide bonds. The molecule has 1 aromatic carbocycles. The van der Waals surface area contributed by atoms with E-state index in [1.807, 2.05) is 30.5 Å². The van der Waals surface area contributed by atoms with Crippen molar-refractivity contribution in [1.29, 1.82) is 0 Å². The summed E-state index contributed by atoms with van der Waals surface area (Å²) in [6, 6.07) is 7.87. The molecule has 2 aromatic heterocycles. The average molecular weight is 239 g/mol. The predicted octanol–water partition coefficient (Wildman–Crippen LogP) is 1.64. The maximum Gasteiger partial charge on any atom is 0.0922 e. The first-order valence-corrected chi connectivity index (χ1v) is 5.80. The van der Waals surface area contributed by atoms with Crippen molar-refractivity contribution in [2.24, 2.45) is 0 Å². The zero-order chi connectivity index (χ0) is 12.2. The minimum Gasteiger partial charge on any atom is -0.347 e. The molecule has 0 fully saturated rings. The lowest BCUT2D eigenvalue weighted by molar-refractivity contribution is 0.669. The highest BCUT2D eigenvalue weighted by Crippen LogP contribution is 2.08. The standard InChI is InChI=1S/C13H13N5/c1-2-4-13-12(3-1)16-8-11(18-13)7-14-5-10-6-15-9-17-10/h1-4,6,8-9,14H,5,7H2,(H,15,17). The van der Waals surface area contributed by atoms with Gasteiger partial charge in [0.15, 0.2) is 0 Å². The van der Waals surface area contributed by atoms with E-state index < -0.39 is 0 Å². The predicted molar refractivity (Wildman–Crippen MR) is 68.7 cm³/mol. The zero-order valence-corrected chi connectivity index (χ0v) is 9.80. The average Bonchev–Trinajstić information content (AvgIpc) is 2.92. The topological polar surface area (TPSA) is 66.5 Å². The normalized spacial score (nSPS) is 10.9. The molecule has 5 heteroatoms. The Labute approximate surface area is 104 Å². The fourth-order valence-corrected chi connectivity index (χ4v) is 1.79. The highest BCUT2D eigenvalue weighted by Gasteiger charge is 1.99.